The lowest BCUT2D eigenvalue weighted by molar-refractivity contribution is -0.135. The molecule has 1 aliphatic heterocycles. The van der Waals surface area contributed by atoms with E-state index >= 15 is 0 Å². The molecule has 3 N–H and O–H groups in total. The Hall–Kier alpha value is -2.90. The minimum Gasteiger partial charge on any atom is -0.480 e. The van der Waals surface area contributed by atoms with Gasteiger partial charge in [0, 0.05) is 5.56 Å². The van der Waals surface area contributed by atoms with Gasteiger partial charge in [-0.3, -0.25) is 14.4 Å². The monoisotopic (exact) mass is 277 g/mol. The molecule has 1 aromatic rings. The van der Waals surface area contributed by atoms with E-state index in [1.54, 1.807) is 0 Å². The molecule has 1 aliphatic rings. The molecule has 0 bridgehead atoms. The first-order chi connectivity index (χ1) is 9.49. The van der Waals surface area contributed by atoms with E-state index in [0.29, 0.717) is 5.69 Å². The summed E-state index contributed by atoms with van der Waals surface area (Å²) in [5.41, 5.74) is 0.585. The lowest BCUT2D eigenvalue weighted by atomic mass is 10.2. The fraction of sp³-hybridized carbons (Fsp3) is 0.167. The standard InChI is InChI=1S/C12H11N3O5/c16-9-5-14-12(20)15(9)8-3-1-7(2-4-8)11(19)13-6-10(17)18/h1-4H,5-6H2,(H,13,19)(H,14,20)(H,17,18). The molecule has 0 radical (unpaired) electrons. The van der Waals surface area contributed by atoms with Crippen LogP contribution < -0.4 is 15.5 Å². The summed E-state index contributed by atoms with van der Waals surface area (Å²) in [4.78, 5) is 45.8. The highest BCUT2D eigenvalue weighted by Crippen LogP contribution is 2.17. The van der Waals surface area contributed by atoms with E-state index in [-0.39, 0.29) is 18.0 Å². The summed E-state index contributed by atoms with van der Waals surface area (Å²) in [5.74, 6) is -2.07. The molecule has 0 saturated carbocycles. The molecule has 1 aromatic carbocycles. The average molecular weight is 277 g/mol. The van der Waals surface area contributed by atoms with Gasteiger partial charge in [-0.2, -0.15) is 0 Å². The third-order valence-electron chi connectivity index (χ3n) is 2.63. The van der Waals surface area contributed by atoms with Crippen LogP contribution in [0.5, 0.6) is 0 Å². The quantitative estimate of drug-likeness (QED) is 0.645. The van der Waals surface area contributed by atoms with E-state index in [0.717, 1.165) is 4.90 Å². The van der Waals surface area contributed by atoms with Crippen LogP contribution in [0.25, 0.3) is 0 Å². The van der Waals surface area contributed by atoms with Crippen molar-refractivity contribution >= 4 is 29.5 Å². The molecule has 4 amide bonds. The Kier molecular flexibility index (Phi) is 3.65. The summed E-state index contributed by atoms with van der Waals surface area (Å²) in [7, 11) is 0. The normalized spacial score (nSPS) is 14.1. The van der Waals surface area contributed by atoms with E-state index in [2.05, 4.69) is 10.6 Å². The molecule has 1 saturated heterocycles. The van der Waals surface area contributed by atoms with E-state index in [1.165, 1.54) is 24.3 Å². The SMILES string of the molecule is O=C(O)CNC(=O)c1ccc(N2C(=O)CNC2=O)cc1. The number of nitrogens with zero attached hydrogens (tertiary/aromatic N) is 1. The zero-order chi connectivity index (χ0) is 14.7. The largest absolute Gasteiger partial charge is 0.480 e. The van der Waals surface area contributed by atoms with E-state index in [9.17, 15) is 19.2 Å². The van der Waals surface area contributed by atoms with Gasteiger partial charge in [0.1, 0.15) is 6.54 Å². The number of imide groups is 1. The van der Waals surface area contributed by atoms with Crippen LogP contribution in [0.2, 0.25) is 0 Å². The molecule has 0 spiro atoms. The molecule has 104 valence electrons. The number of carboxylic acid groups (broad SMARTS) is 1. The average Bonchev–Trinajstić information content (AvgIpc) is 2.76. The number of carboxylic acids is 1. The van der Waals surface area contributed by atoms with Crippen LogP contribution in [0.1, 0.15) is 10.4 Å². The molecule has 0 aliphatic carbocycles. The first kappa shape index (κ1) is 13.5. The van der Waals surface area contributed by atoms with Crippen molar-refractivity contribution < 1.29 is 24.3 Å². The van der Waals surface area contributed by atoms with E-state index in [4.69, 9.17) is 5.11 Å². The first-order valence-corrected chi connectivity index (χ1v) is 5.70. The number of anilines is 1. The topological polar surface area (TPSA) is 116 Å². The van der Waals surface area contributed by atoms with Crippen LogP contribution in [0.15, 0.2) is 24.3 Å². The lowest BCUT2D eigenvalue weighted by Crippen LogP contribution is -2.31. The molecular weight excluding hydrogens is 266 g/mol. The second-order valence-corrected chi connectivity index (χ2v) is 4.01. The van der Waals surface area contributed by atoms with Gasteiger partial charge in [-0.25, -0.2) is 9.69 Å². The summed E-state index contributed by atoms with van der Waals surface area (Å²) in [6, 6.07) is 5.19. The van der Waals surface area contributed by atoms with E-state index < -0.39 is 24.5 Å². The predicted octanol–water partition coefficient (Wildman–Crippen LogP) is -0.443. The number of rotatable bonds is 4. The number of urea groups is 1. The molecule has 0 aromatic heterocycles. The molecule has 1 fully saturated rings. The lowest BCUT2D eigenvalue weighted by Gasteiger charge is -2.12. The van der Waals surface area contributed by atoms with Crippen LogP contribution in [-0.2, 0) is 9.59 Å². The number of aliphatic carboxylic acids is 1. The second-order valence-electron chi connectivity index (χ2n) is 4.01. The van der Waals surface area contributed by atoms with Crippen LogP contribution >= 0.6 is 0 Å². The zero-order valence-corrected chi connectivity index (χ0v) is 10.3. The summed E-state index contributed by atoms with van der Waals surface area (Å²) >= 11 is 0. The first-order valence-electron chi connectivity index (χ1n) is 5.70. The van der Waals surface area contributed by atoms with Crippen molar-refractivity contribution in [2.24, 2.45) is 0 Å². The fourth-order valence-corrected chi connectivity index (χ4v) is 1.70. The van der Waals surface area contributed by atoms with Gasteiger partial charge in [-0.15, -0.1) is 0 Å². The van der Waals surface area contributed by atoms with Gasteiger partial charge in [-0.1, -0.05) is 0 Å². The maximum absolute atomic E-state index is 11.6. The maximum Gasteiger partial charge on any atom is 0.329 e. The number of carbonyl (C=O) groups excluding carboxylic acids is 3. The molecule has 0 unspecified atom stereocenters. The van der Waals surface area contributed by atoms with Gasteiger partial charge >= 0.3 is 12.0 Å². The highest BCUT2D eigenvalue weighted by Gasteiger charge is 2.29. The predicted molar refractivity (Wildman–Crippen MR) is 67.3 cm³/mol. The second kappa shape index (κ2) is 5.39. The Labute approximate surface area is 113 Å². The fourth-order valence-electron chi connectivity index (χ4n) is 1.70. The molecule has 20 heavy (non-hydrogen) atoms. The zero-order valence-electron chi connectivity index (χ0n) is 10.3. The number of benzene rings is 1. The molecular formula is C12H11N3O5. The van der Waals surface area contributed by atoms with Gasteiger partial charge in [0.2, 0.25) is 0 Å². The van der Waals surface area contributed by atoms with Gasteiger partial charge in [0.25, 0.3) is 11.8 Å². The third-order valence-corrected chi connectivity index (χ3v) is 2.63. The number of hydrogen-bond acceptors (Lipinski definition) is 4. The Morgan fingerprint density at radius 2 is 1.90 bits per heavy atom. The Morgan fingerprint density at radius 3 is 2.40 bits per heavy atom. The highest BCUT2D eigenvalue weighted by molar-refractivity contribution is 6.19. The van der Waals surface area contributed by atoms with Crippen molar-refractivity contribution in [3.8, 4) is 0 Å². The smallest absolute Gasteiger partial charge is 0.329 e. The summed E-state index contributed by atoms with van der Waals surface area (Å²) < 4.78 is 0. The van der Waals surface area contributed by atoms with Gasteiger partial charge in [0.05, 0.1) is 12.2 Å². The number of nitrogens with one attached hydrogen (secondary N) is 2. The van der Waals surface area contributed by atoms with Gasteiger partial charge in [0.15, 0.2) is 0 Å². The van der Waals surface area contributed by atoms with E-state index in [1.807, 2.05) is 0 Å². The molecule has 1 heterocycles. The van der Waals surface area contributed by atoms with Crippen molar-refractivity contribution in [1.82, 2.24) is 10.6 Å². The summed E-state index contributed by atoms with van der Waals surface area (Å²) in [6.07, 6.45) is 0. The minimum atomic E-state index is -1.14. The Morgan fingerprint density at radius 1 is 1.25 bits per heavy atom. The number of amides is 4. The Bertz CT molecular complexity index is 565. The van der Waals surface area contributed by atoms with Crippen molar-refractivity contribution in [3.63, 3.8) is 0 Å². The van der Waals surface area contributed by atoms with Crippen LogP contribution in [-0.4, -0.2) is 42.0 Å². The highest BCUT2D eigenvalue weighted by atomic mass is 16.4. The molecule has 8 nitrogen and oxygen atoms in total. The van der Waals surface area contributed by atoms with Crippen LogP contribution in [0.3, 0.4) is 0 Å². The van der Waals surface area contributed by atoms with Crippen molar-refractivity contribution in [2.75, 3.05) is 18.0 Å². The Balaban J connectivity index is 2.10. The van der Waals surface area contributed by atoms with Gasteiger partial charge in [-0.05, 0) is 24.3 Å². The third kappa shape index (κ3) is 2.74. The molecule has 2 rings (SSSR count). The van der Waals surface area contributed by atoms with Crippen molar-refractivity contribution in [1.29, 1.82) is 0 Å². The van der Waals surface area contributed by atoms with Crippen molar-refractivity contribution in [3.05, 3.63) is 29.8 Å². The number of hydrogen-bond donors (Lipinski definition) is 3. The summed E-state index contributed by atoms with van der Waals surface area (Å²) in [6.45, 7) is -0.534. The minimum absolute atomic E-state index is 0.0559. The molecule has 0 atom stereocenters. The van der Waals surface area contributed by atoms with Gasteiger partial charge < -0.3 is 15.7 Å². The van der Waals surface area contributed by atoms with Crippen LogP contribution in [0, 0.1) is 0 Å². The summed E-state index contributed by atoms with van der Waals surface area (Å²) in [5, 5.41) is 13.0. The number of carbonyl (C=O) groups is 4. The maximum atomic E-state index is 11.6. The van der Waals surface area contributed by atoms with Crippen molar-refractivity contribution in [2.45, 2.75) is 0 Å². The molecule has 8 heteroatoms. The van der Waals surface area contributed by atoms with Crippen LogP contribution in [0.4, 0.5) is 10.5 Å².